The summed E-state index contributed by atoms with van der Waals surface area (Å²) in [5.41, 5.74) is 0.785. The molecule has 0 spiro atoms. The summed E-state index contributed by atoms with van der Waals surface area (Å²) in [5, 5.41) is 10.1. The highest BCUT2D eigenvalue weighted by atomic mass is 35.5. The lowest BCUT2D eigenvalue weighted by Gasteiger charge is -2.05. The molecule has 1 aromatic heterocycles. The molecule has 84 valence electrons. The van der Waals surface area contributed by atoms with E-state index in [0.717, 1.165) is 10.9 Å². The molecule has 0 unspecified atom stereocenters. The highest BCUT2D eigenvalue weighted by Gasteiger charge is 2.08. The number of ether oxygens (including phenoxy) is 1. The minimum absolute atomic E-state index is 0.0772. The van der Waals surface area contributed by atoms with E-state index in [9.17, 15) is 4.79 Å². The Morgan fingerprint density at radius 2 is 2.31 bits per heavy atom. The van der Waals surface area contributed by atoms with Gasteiger partial charge in [0.15, 0.2) is 0 Å². The SMILES string of the molecule is COc1cc2ccn(CC(=O)O)c2cc1Cl. The van der Waals surface area contributed by atoms with E-state index in [1.54, 1.807) is 30.0 Å². The zero-order chi connectivity index (χ0) is 11.7. The second-order valence-electron chi connectivity index (χ2n) is 3.38. The van der Waals surface area contributed by atoms with E-state index in [4.69, 9.17) is 21.4 Å². The molecular weight excluding hydrogens is 230 g/mol. The normalized spacial score (nSPS) is 10.6. The van der Waals surface area contributed by atoms with Gasteiger partial charge in [0, 0.05) is 11.6 Å². The Kier molecular flexibility index (Phi) is 2.75. The van der Waals surface area contributed by atoms with Crippen LogP contribution in [-0.2, 0) is 11.3 Å². The van der Waals surface area contributed by atoms with Crippen LogP contribution in [0.4, 0.5) is 0 Å². The largest absolute Gasteiger partial charge is 0.495 e. The Balaban J connectivity index is 2.55. The standard InChI is InChI=1S/C11H10ClNO3/c1-16-10-4-7-2-3-13(6-11(14)15)9(7)5-8(10)12/h2-5H,6H2,1H3,(H,14,15). The first-order chi connectivity index (χ1) is 7.61. The maximum Gasteiger partial charge on any atom is 0.323 e. The lowest BCUT2D eigenvalue weighted by Crippen LogP contribution is -2.07. The molecule has 0 atom stereocenters. The van der Waals surface area contributed by atoms with Gasteiger partial charge in [-0.15, -0.1) is 0 Å². The molecule has 0 radical (unpaired) electrons. The van der Waals surface area contributed by atoms with Crippen molar-refractivity contribution in [3.8, 4) is 5.75 Å². The molecule has 0 amide bonds. The summed E-state index contributed by atoms with van der Waals surface area (Å²) in [7, 11) is 1.54. The van der Waals surface area contributed by atoms with Crippen molar-refractivity contribution in [2.24, 2.45) is 0 Å². The predicted molar refractivity (Wildman–Crippen MR) is 61.1 cm³/mol. The van der Waals surface area contributed by atoms with Crippen LogP contribution in [0, 0.1) is 0 Å². The van der Waals surface area contributed by atoms with Crippen molar-refractivity contribution in [3.05, 3.63) is 29.4 Å². The van der Waals surface area contributed by atoms with Crippen molar-refractivity contribution in [1.82, 2.24) is 4.57 Å². The molecule has 0 saturated heterocycles. The van der Waals surface area contributed by atoms with Gasteiger partial charge in [-0.1, -0.05) is 11.6 Å². The zero-order valence-corrected chi connectivity index (χ0v) is 9.36. The van der Waals surface area contributed by atoms with Crippen molar-refractivity contribution in [1.29, 1.82) is 0 Å². The molecule has 0 aliphatic carbocycles. The van der Waals surface area contributed by atoms with Crippen LogP contribution in [0.2, 0.25) is 5.02 Å². The minimum Gasteiger partial charge on any atom is -0.495 e. The number of methoxy groups -OCH3 is 1. The average molecular weight is 240 g/mol. The number of nitrogens with zero attached hydrogens (tertiary/aromatic N) is 1. The van der Waals surface area contributed by atoms with Gasteiger partial charge in [0.2, 0.25) is 0 Å². The van der Waals surface area contributed by atoms with Gasteiger partial charge in [0.1, 0.15) is 12.3 Å². The third kappa shape index (κ3) is 1.84. The number of aliphatic carboxylic acids is 1. The Labute approximate surface area is 97.0 Å². The maximum absolute atomic E-state index is 10.6. The molecule has 1 aromatic carbocycles. The average Bonchev–Trinajstić information content (AvgIpc) is 2.59. The van der Waals surface area contributed by atoms with E-state index < -0.39 is 5.97 Å². The Hall–Kier alpha value is -1.68. The molecular formula is C11H10ClNO3. The van der Waals surface area contributed by atoms with Crippen LogP contribution < -0.4 is 4.74 Å². The highest BCUT2D eigenvalue weighted by molar-refractivity contribution is 6.32. The predicted octanol–water partition coefficient (Wildman–Crippen LogP) is 2.39. The third-order valence-electron chi connectivity index (χ3n) is 2.35. The number of halogens is 1. The lowest BCUT2D eigenvalue weighted by atomic mass is 10.2. The van der Waals surface area contributed by atoms with Gasteiger partial charge in [0.05, 0.1) is 17.6 Å². The van der Waals surface area contributed by atoms with E-state index in [0.29, 0.717) is 10.8 Å². The number of carboxylic acids is 1. The Morgan fingerprint density at radius 1 is 1.56 bits per heavy atom. The number of carboxylic acid groups (broad SMARTS) is 1. The van der Waals surface area contributed by atoms with Crippen molar-refractivity contribution < 1.29 is 14.6 Å². The van der Waals surface area contributed by atoms with Crippen molar-refractivity contribution in [2.75, 3.05) is 7.11 Å². The van der Waals surface area contributed by atoms with Gasteiger partial charge >= 0.3 is 5.97 Å². The molecule has 1 heterocycles. The molecule has 0 aliphatic heterocycles. The second-order valence-corrected chi connectivity index (χ2v) is 3.79. The zero-order valence-electron chi connectivity index (χ0n) is 8.61. The summed E-state index contributed by atoms with van der Waals surface area (Å²) in [6.07, 6.45) is 1.72. The number of benzene rings is 1. The molecule has 0 saturated carbocycles. The fraction of sp³-hybridized carbons (Fsp3) is 0.182. The lowest BCUT2D eigenvalue weighted by molar-refractivity contribution is -0.137. The third-order valence-corrected chi connectivity index (χ3v) is 2.65. The second kappa shape index (κ2) is 4.06. The van der Waals surface area contributed by atoms with Gasteiger partial charge in [-0.05, 0) is 18.2 Å². The fourth-order valence-corrected chi connectivity index (χ4v) is 1.87. The van der Waals surface area contributed by atoms with E-state index in [-0.39, 0.29) is 6.54 Å². The molecule has 0 bridgehead atoms. The molecule has 0 aliphatic rings. The smallest absolute Gasteiger partial charge is 0.323 e. The molecule has 2 aromatic rings. The summed E-state index contributed by atoms with van der Waals surface area (Å²) in [4.78, 5) is 10.6. The van der Waals surface area contributed by atoms with Gasteiger partial charge in [0.25, 0.3) is 0 Å². The fourth-order valence-electron chi connectivity index (χ4n) is 1.63. The van der Waals surface area contributed by atoms with Gasteiger partial charge in [-0.25, -0.2) is 0 Å². The van der Waals surface area contributed by atoms with Gasteiger partial charge in [-0.3, -0.25) is 4.79 Å². The summed E-state index contributed by atoms with van der Waals surface area (Å²) in [6, 6.07) is 5.33. The first-order valence-corrected chi connectivity index (χ1v) is 5.04. The number of hydrogen-bond acceptors (Lipinski definition) is 2. The van der Waals surface area contributed by atoms with Crippen molar-refractivity contribution >= 4 is 28.5 Å². The summed E-state index contributed by atoms with van der Waals surface area (Å²) in [6.45, 7) is -0.0772. The van der Waals surface area contributed by atoms with Gasteiger partial charge < -0.3 is 14.4 Å². The first kappa shape index (κ1) is 10.8. The van der Waals surface area contributed by atoms with E-state index >= 15 is 0 Å². The monoisotopic (exact) mass is 239 g/mol. The molecule has 1 N–H and O–H groups in total. The number of hydrogen-bond donors (Lipinski definition) is 1. The maximum atomic E-state index is 10.6. The van der Waals surface area contributed by atoms with Crippen molar-refractivity contribution in [3.63, 3.8) is 0 Å². The number of carbonyl (C=O) groups is 1. The highest BCUT2D eigenvalue weighted by Crippen LogP contribution is 2.30. The van der Waals surface area contributed by atoms with Crippen LogP contribution >= 0.6 is 11.6 Å². The molecule has 4 nitrogen and oxygen atoms in total. The van der Waals surface area contributed by atoms with Gasteiger partial charge in [-0.2, -0.15) is 0 Å². The molecule has 16 heavy (non-hydrogen) atoms. The number of fused-ring (bicyclic) bond motifs is 1. The van der Waals surface area contributed by atoms with Crippen LogP contribution in [0.5, 0.6) is 5.75 Å². The molecule has 5 heteroatoms. The van der Waals surface area contributed by atoms with E-state index in [1.165, 1.54) is 0 Å². The van der Waals surface area contributed by atoms with E-state index in [2.05, 4.69) is 0 Å². The minimum atomic E-state index is -0.885. The van der Waals surface area contributed by atoms with Crippen LogP contribution in [0.3, 0.4) is 0 Å². The molecule has 2 rings (SSSR count). The number of rotatable bonds is 3. The summed E-state index contributed by atoms with van der Waals surface area (Å²) in [5.74, 6) is -0.299. The number of aromatic nitrogens is 1. The van der Waals surface area contributed by atoms with E-state index in [1.807, 2.05) is 6.07 Å². The topological polar surface area (TPSA) is 51.5 Å². The van der Waals surface area contributed by atoms with Crippen molar-refractivity contribution in [2.45, 2.75) is 6.54 Å². The van der Waals surface area contributed by atoms with Crippen LogP contribution in [0.25, 0.3) is 10.9 Å². The Bertz CT molecular complexity index is 547. The van der Waals surface area contributed by atoms with Crippen LogP contribution in [-0.4, -0.2) is 22.8 Å². The summed E-state index contributed by atoms with van der Waals surface area (Å²) >= 11 is 5.98. The van der Waals surface area contributed by atoms with Crippen LogP contribution in [0.15, 0.2) is 24.4 Å². The van der Waals surface area contributed by atoms with Crippen LogP contribution in [0.1, 0.15) is 0 Å². The quantitative estimate of drug-likeness (QED) is 0.895. The Morgan fingerprint density at radius 3 is 2.94 bits per heavy atom. The molecule has 0 fully saturated rings. The summed E-state index contributed by atoms with van der Waals surface area (Å²) < 4.78 is 6.71. The first-order valence-electron chi connectivity index (χ1n) is 4.66.